The van der Waals surface area contributed by atoms with Crippen molar-refractivity contribution in [2.45, 2.75) is 118 Å². The first-order chi connectivity index (χ1) is 23.4. The maximum atomic E-state index is 13.5. The van der Waals surface area contributed by atoms with E-state index in [1.165, 1.54) is 56.2 Å². The van der Waals surface area contributed by atoms with Crippen LogP contribution in [-0.2, 0) is 24.4 Å². The zero-order chi connectivity index (χ0) is 31.9. The summed E-state index contributed by atoms with van der Waals surface area (Å²) < 4.78 is 18.7. The molecule has 8 heteroatoms. The van der Waals surface area contributed by atoms with Gasteiger partial charge in [0.2, 0.25) is 0 Å². The predicted molar refractivity (Wildman–Crippen MR) is 181 cm³/mol. The zero-order valence-electron chi connectivity index (χ0n) is 28.3. The number of hydrogen-bond acceptors (Lipinski definition) is 8. The highest BCUT2D eigenvalue weighted by atomic mass is 16.6. The van der Waals surface area contributed by atoms with Crippen LogP contribution in [0.5, 0.6) is 0 Å². The van der Waals surface area contributed by atoms with E-state index in [4.69, 9.17) is 14.2 Å². The molecule has 2 N–H and O–H groups in total. The number of methoxy groups -OCH3 is 1. The molecule has 0 aromatic heterocycles. The molecule has 8 nitrogen and oxygen atoms in total. The zero-order valence-corrected chi connectivity index (χ0v) is 28.3. The standard InChI is InChI=1S/C40H46N4O4/c1-4-37-13-14-40-24(12-16-43(36(37)40)20-28-32(37)47-28)22-18-21(10-11-26(22)42-40)29-30-33(48-30)38(5-2)19-23(34(45)46-3)31-39(15-17-44(29)35(38)39)25-8-6-7-9-27(25)41-31/h6-11,18,24,28-30,32-33,35-36,41-42H,4-5,12-17,19-20H2,1-3H3/t24-,28+,29+,30+,32+,33+,35-,36-,37+,38-,39-,40+/m0/s1. The van der Waals surface area contributed by atoms with Gasteiger partial charge in [-0.05, 0) is 80.3 Å². The van der Waals surface area contributed by atoms with Crippen molar-refractivity contribution < 1.29 is 19.0 Å². The Balaban J connectivity index is 0.969. The van der Waals surface area contributed by atoms with E-state index in [9.17, 15) is 4.79 Å². The smallest absolute Gasteiger partial charge is 0.335 e. The lowest BCUT2D eigenvalue weighted by atomic mass is 9.53. The monoisotopic (exact) mass is 646 g/mol. The molecule has 12 atom stereocenters. The van der Waals surface area contributed by atoms with Gasteiger partial charge in [0.05, 0.1) is 48.0 Å². The number of piperidine rings is 3. The van der Waals surface area contributed by atoms with Crippen molar-refractivity contribution in [2.24, 2.45) is 10.8 Å². The molecule has 1 saturated carbocycles. The van der Waals surface area contributed by atoms with E-state index in [0.29, 0.717) is 30.6 Å². The number of fused-ring (bicyclic) bond motifs is 7. The van der Waals surface area contributed by atoms with Crippen molar-refractivity contribution >= 4 is 17.3 Å². The van der Waals surface area contributed by atoms with Gasteiger partial charge in [-0.2, -0.15) is 0 Å². The van der Waals surface area contributed by atoms with Crippen LogP contribution in [0.4, 0.5) is 11.4 Å². The number of ether oxygens (including phenoxy) is 3. The van der Waals surface area contributed by atoms with Crippen LogP contribution in [0.1, 0.15) is 87.4 Å². The number of carbonyl (C=O) groups excluding carboxylic acids is 1. The van der Waals surface area contributed by atoms with E-state index in [0.717, 1.165) is 42.9 Å². The van der Waals surface area contributed by atoms with Gasteiger partial charge in [0.25, 0.3) is 0 Å². The molecule has 12 rings (SSSR count). The van der Waals surface area contributed by atoms with Crippen molar-refractivity contribution in [3.05, 3.63) is 70.4 Å². The molecule has 250 valence electrons. The van der Waals surface area contributed by atoms with E-state index in [-0.39, 0.29) is 52.0 Å². The highest BCUT2D eigenvalue weighted by molar-refractivity contribution is 5.93. The molecule has 2 aliphatic carbocycles. The second-order valence-electron chi connectivity index (χ2n) is 17.0. The second-order valence-corrected chi connectivity index (χ2v) is 17.0. The van der Waals surface area contributed by atoms with Gasteiger partial charge in [-0.15, -0.1) is 0 Å². The molecule has 10 aliphatic rings. The molecule has 0 bridgehead atoms. The van der Waals surface area contributed by atoms with Crippen molar-refractivity contribution in [2.75, 3.05) is 37.4 Å². The lowest BCUT2D eigenvalue weighted by molar-refractivity contribution is -0.137. The average molecular weight is 647 g/mol. The van der Waals surface area contributed by atoms with Crippen molar-refractivity contribution in [3.63, 3.8) is 0 Å². The minimum atomic E-state index is -0.268. The molecule has 7 fully saturated rings. The summed E-state index contributed by atoms with van der Waals surface area (Å²) in [5.41, 5.74) is 8.70. The van der Waals surface area contributed by atoms with Crippen LogP contribution in [0.2, 0.25) is 0 Å². The Morgan fingerprint density at radius 2 is 1.85 bits per heavy atom. The fraction of sp³-hybridized carbons (Fsp3) is 0.625. The van der Waals surface area contributed by atoms with E-state index < -0.39 is 0 Å². The van der Waals surface area contributed by atoms with Crippen LogP contribution in [0.15, 0.2) is 53.7 Å². The average Bonchev–Trinajstić information content (AvgIpc) is 3.94. The molecule has 0 amide bonds. The third-order valence-corrected chi connectivity index (χ3v) is 16.0. The Bertz CT molecular complexity index is 1860. The summed E-state index contributed by atoms with van der Waals surface area (Å²) in [6.45, 7) is 8.01. The Morgan fingerprint density at radius 1 is 0.979 bits per heavy atom. The number of rotatable bonds is 4. The van der Waals surface area contributed by atoms with Gasteiger partial charge < -0.3 is 24.8 Å². The summed E-state index contributed by atoms with van der Waals surface area (Å²) in [5.74, 6) is 0.342. The Hall–Kier alpha value is -2.91. The van der Waals surface area contributed by atoms with Crippen molar-refractivity contribution in [1.29, 1.82) is 0 Å². The first kappa shape index (κ1) is 27.9. The number of benzene rings is 2. The maximum absolute atomic E-state index is 13.5. The molecular weight excluding hydrogens is 600 g/mol. The first-order valence-electron chi connectivity index (χ1n) is 18.9. The van der Waals surface area contributed by atoms with Gasteiger partial charge in [0, 0.05) is 59.0 Å². The Kier molecular flexibility index (Phi) is 5.04. The largest absolute Gasteiger partial charge is 0.466 e. The van der Waals surface area contributed by atoms with Crippen molar-refractivity contribution in [3.8, 4) is 0 Å². The molecule has 6 saturated heterocycles. The van der Waals surface area contributed by atoms with Crippen LogP contribution in [0, 0.1) is 10.8 Å². The van der Waals surface area contributed by atoms with Gasteiger partial charge in [-0.1, -0.05) is 44.2 Å². The Labute approximate surface area is 282 Å². The summed E-state index contributed by atoms with van der Waals surface area (Å²) in [6.07, 6.45) is 8.79. The van der Waals surface area contributed by atoms with Gasteiger partial charge in [0.15, 0.2) is 0 Å². The summed E-state index contributed by atoms with van der Waals surface area (Å²) in [4.78, 5) is 19.2. The van der Waals surface area contributed by atoms with E-state index >= 15 is 0 Å². The number of carbonyl (C=O) groups is 1. The van der Waals surface area contributed by atoms with Crippen LogP contribution < -0.4 is 10.6 Å². The quantitative estimate of drug-likeness (QED) is 0.335. The molecular formula is C40H46N4O4. The van der Waals surface area contributed by atoms with Gasteiger partial charge in [0.1, 0.15) is 6.10 Å². The third-order valence-electron chi connectivity index (χ3n) is 16.0. The molecule has 48 heavy (non-hydrogen) atoms. The minimum Gasteiger partial charge on any atom is -0.466 e. The van der Waals surface area contributed by atoms with Gasteiger partial charge in [-0.25, -0.2) is 4.79 Å². The summed E-state index contributed by atoms with van der Waals surface area (Å²) >= 11 is 0. The van der Waals surface area contributed by atoms with Crippen LogP contribution >= 0.6 is 0 Å². The summed E-state index contributed by atoms with van der Waals surface area (Å²) in [6, 6.07) is 17.2. The number of hydrogen-bond donors (Lipinski definition) is 2. The predicted octanol–water partition coefficient (Wildman–Crippen LogP) is 5.47. The number of anilines is 2. The van der Waals surface area contributed by atoms with E-state index in [1.54, 1.807) is 5.56 Å². The lowest BCUT2D eigenvalue weighted by Crippen LogP contribution is -2.67. The molecule has 2 aromatic rings. The number of para-hydroxylation sites is 1. The normalized spacial score (nSPS) is 47.7. The summed E-state index contributed by atoms with van der Waals surface area (Å²) in [5, 5.41) is 8.03. The van der Waals surface area contributed by atoms with Gasteiger partial charge in [-0.3, -0.25) is 9.80 Å². The first-order valence-corrected chi connectivity index (χ1v) is 18.9. The highest BCUT2D eigenvalue weighted by Crippen LogP contribution is 2.72. The molecule has 2 spiro atoms. The number of epoxide rings is 2. The second kappa shape index (κ2) is 8.68. The number of nitrogens with zero attached hydrogens (tertiary/aromatic N) is 2. The van der Waals surface area contributed by atoms with E-state index in [2.05, 4.69) is 76.7 Å². The minimum absolute atomic E-state index is 0.110. The van der Waals surface area contributed by atoms with Crippen LogP contribution in [0.25, 0.3) is 0 Å². The fourth-order valence-electron chi connectivity index (χ4n) is 14.3. The highest BCUT2D eigenvalue weighted by Gasteiger charge is 2.77. The van der Waals surface area contributed by atoms with Crippen molar-refractivity contribution in [1.82, 2.24) is 9.80 Å². The lowest BCUT2D eigenvalue weighted by Gasteiger charge is -2.56. The maximum Gasteiger partial charge on any atom is 0.335 e. The van der Waals surface area contributed by atoms with Crippen LogP contribution in [0.3, 0.4) is 0 Å². The SMILES string of the molecule is CC[C@@]12CC[C@@]34Nc5ccc([C@@H]6[C@H]7O[C@H]7[C@]7(CC)CC(C(=O)OC)=C8Nc9ccccc9[C@@]89CCN6[C@@H]79)cc5[C@@H]3CCN(C[C@H]3O[C@H]31)[C@@H]24. The van der Waals surface area contributed by atoms with Crippen LogP contribution in [-0.4, -0.2) is 84.6 Å². The molecule has 8 aliphatic heterocycles. The summed E-state index contributed by atoms with van der Waals surface area (Å²) in [7, 11) is 1.53. The topological polar surface area (TPSA) is 81.9 Å². The molecule has 8 heterocycles. The van der Waals surface area contributed by atoms with E-state index in [1.807, 2.05) is 0 Å². The molecule has 2 aromatic carbocycles. The van der Waals surface area contributed by atoms with Gasteiger partial charge >= 0.3 is 5.97 Å². The number of nitrogens with one attached hydrogen (secondary N) is 2. The molecule has 0 radical (unpaired) electrons. The molecule has 0 unspecified atom stereocenters. The number of esters is 1. The Morgan fingerprint density at radius 3 is 2.71 bits per heavy atom. The third kappa shape index (κ3) is 2.87. The fourth-order valence-corrected chi connectivity index (χ4v) is 14.3.